The number of benzene rings is 4. The van der Waals surface area contributed by atoms with E-state index in [1.165, 1.54) is 0 Å². The Kier molecular flexibility index (Phi) is 9.81. The van der Waals surface area contributed by atoms with Crippen LogP contribution in [0.15, 0.2) is 103 Å². The summed E-state index contributed by atoms with van der Waals surface area (Å²) in [5, 5.41) is 0. The number of fused-ring (bicyclic) bond motifs is 1. The Morgan fingerprint density at radius 3 is 1.68 bits per heavy atom. The molecule has 50 heavy (non-hydrogen) atoms. The van der Waals surface area contributed by atoms with Crippen molar-refractivity contribution < 1.29 is 47.4 Å². The molecule has 3 fully saturated rings. The molecule has 10 nitrogen and oxygen atoms in total. The van der Waals surface area contributed by atoms with Gasteiger partial charge in [0, 0.05) is 0 Å². The molecule has 0 radical (unpaired) electrons. The van der Waals surface area contributed by atoms with Crippen molar-refractivity contribution in [3.63, 3.8) is 0 Å². The van der Waals surface area contributed by atoms with E-state index in [9.17, 15) is 4.79 Å². The maximum absolute atomic E-state index is 14.2. The van der Waals surface area contributed by atoms with Crippen molar-refractivity contribution >= 4 is 5.97 Å². The number of ether oxygens (including phenoxy) is 9. The van der Waals surface area contributed by atoms with Crippen LogP contribution in [0.2, 0.25) is 0 Å². The van der Waals surface area contributed by atoms with Crippen LogP contribution in [0.25, 0.3) is 0 Å². The van der Waals surface area contributed by atoms with Crippen LogP contribution >= 0.6 is 0 Å². The lowest BCUT2D eigenvalue weighted by molar-refractivity contribution is -0.232. The Bertz CT molecular complexity index is 1680. The molecule has 0 aromatic heterocycles. The van der Waals surface area contributed by atoms with Gasteiger partial charge in [0.2, 0.25) is 5.75 Å². The van der Waals surface area contributed by atoms with Crippen molar-refractivity contribution in [2.24, 2.45) is 0 Å². The summed E-state index contributed by atoms with van der Waals surface area (Å²) >= 11 is 0. The summed E-state index contributed by atoms with van der Waals surface area (Å²) in [7, 11) is 0. The van der Waals surface area contributed by atoms with Crippen molar-refractivity contribution in [1.29, 1.82) is 0 Å². The monoisotopic (exact) mass is 682 g/mol. The van der Waals surface area contributed by atoms with Gasteiger partial charge in [0.05, 0.1) is 12.2 Å². The summed E-state index contributed by atoms with van der Waals surface area (Å²) in [6.07, 6.45) is -3.48. The fourth-order valence-electron chi connectivity index (χ4n) is 6.26. The first kappa shape index (κ1) is 34.0. The van der Waals surface area contributed by atoms with Gasteiger partial charge in [-0.25, -0.2) is 4.79 Å². The number of carbonyl (C=O) groups is 1. The first-order valence-corrected chi connectivity index (χ1v) is 16.8. The first-order chi connectivity index (χ1) is 24.1. The van der Waals surface area contributed by atoms with Gasteiger partial charge in [-0.15, -0.1) is 0 Å². The predicted molar refractivity (Wildman–Crippen MR) is 182 cm³/mol. The molecular weight excluding hydrogens is 640 g/mol. The van der Waals surface area contributed by atoms with Crippen molar-refractivity contribution in [2.75, 3.05) is 6.61 Å². The van der Waals surface area contributed by atoms with Crippen LogP contribution in [-0.2, 0) is 48.2 Å². The molecule has 4 aromatic carbocycles. The van der Waals surface area contributed by atoms with E-state index in [2.05, 4.69) is 0 Å². The van der Waals surface area contributed by atoms with Gasteiger partial charge in [0.25, 0.3) is 0 Å². The van der Waals surface area contributed by atoms with Gasteiger partial charge in [-0.3, -0.25) is 0 Å². The zero-order chi connectivity index (χ0) is 34.7. The van der Waals surface area contributed by atoms with E-state index in [-0.39, 0.29) is 32.0 Å². The molecular formula is C40H42O10. The fourth-order valence-corrected chi connectivity index (χ4v) is 6.26. The van der Waals surface area contributed by atoms with E-state index in [1.54, 1.807) is 26.0 Å². The average molecular weight is 683 g/mol. The number of hydrogen-bond acceptors (Lipinski definition) is 10. The van der Waals surface area contributed by atoms with Crippen molar-refractivity contribution in [3.8, 4) is 17.2 Å². The van der Waals surface area contributed by atoms with Crippen molar-refractivity contribution in [3.05, 3.63) is 125 Å². The third kappa shape index (κ3) is 7.96. The molecule has 10 heteroatoms. The highest BCUT2D eigenvalue weighted by Gasteiger charge is 2.60. The maximum atomic E-state index is 14.2. The topological polar surface area (TPSA) is 100 Å². The maximum Gasteiger partial charge on any atom is 0.338 e. The van der Waals surface area contributed by atoms with E-state index >= 15 is 0 Å². The third-order valence-corrected chi connectivity index (χ3v) is 8.62. The lowest BCUT2D eigenvalue weighted by Crippen LogP contribution is -2.45. The minimum absolute atomic E-state index is 0.201. The van der Waals surface area contributed by atoms with E-state index in [4.69, 9.17) is 42.6 Å². The Morgan fingerprint density at radius 2 is 1.18 bits per heavy atom. The SMILES string of the molecule is CC1(C)O[C@H]2O[C@H]([C@H]3COC(C)(C)O3)[C@H](OC(=O)c3cc(OCc4ccccc4)c(OCc4ccccc4)c(OCc4ccccc4)c3)[C@H]2O1. The highest BCUT2D eigenvalue weighted by molar-refractivity contribution is 5.91. The van der Waals surface area contributed by atoms with Crippen LogP contribution in [0.5, 0.6) is 17.2 Å². The van der Waals surface area contributed by atoms with Gasteiger partial charge in [-0.05, 0) is 56.5 Å². The van der Waals surface area contributed by atoms with Gasteiger partial charge < -0.3 is 42.6 Å². The lowest BCUT2D eigenvalue weighted by Gasteiger charge is -2.29. The highest BCUT2D eigenvalue weighted by Crippen LogP contribution is 2.44. The standard InChI is InChI=1S/C40H42O10/c1-39(2)45-25-32(48-39)34-35(36-38(47-34)50-40(3,4)49-36)46-37(41)29-20-30(42-22-26-14-8-5-9-15-26)33(44-24-28-18-12-7-13-19-28)31(21-29)43-23-27-16-10-6-11-17-27/h5-21,32,34-36,38H,22-25H2,1-4H3/t32-,34-,35+,36-,38-/m1/s1. The first-order valence-electron chi connectivity index (χ1n) is 16.8. The van der Waals surface area contributed by atoms with Crippen LogP contribution in [0.1, 0.15) is 54.7 Å². The van der Waals surface area contributed by atoms with E-state index < -0.39 is 48.2 Å². The van der Waals surface area contributed by atoms with Crippen LogP contribution < -0.4 is 14.2 Å². The van der Waals surface area contributed by atoms with Gasteiger partial charge in [-0.2, -0.15) is 0 Å². The summed E-state index contributed by atoms with van der Waals surface area (Å²) < 4.78 is 55.8. The number of carbonyl (C=O) groups excluding carboxylic acids is 1. The molecule has 3 aliphatic heterocycles. The minimum Gasteiger partial charge on any atom is -0.485 e. The number of rotatable bonds is 12. The minimum atomic E-state index is -0.925. The molecule has 0 N–H and O–H groups in total. The molecule has 7 rings (SSSR count). The molecule has 0 saturated carbocycles. The van der Waals surface area contributed by atoms with Crippen LogP contribution in [-0.4, -0.2) is 54.9 Å². The Balaban J connectivity index is 1.21. The van der Waals surface area contributed by atoms with Crippen molar-refractivity contribution in [1.82, 2.24) is 0 Å². The lowest BCUT2D eigenvalue weighted by atomic mass is 10.1. The smallest absolute Gasteiger partial charge is 0.338 e. The summed E-state index contributed by atoms with van der Waals surface area (Å²) in [6.45, 7) is 8.23. The molecule has 5 atom stereocenters. The van der Waals surface area contributed by atoms with Gasteiger partial charge in [0.15, 0.2) is 41.6 Å². The van der Waals surface area contributed by atoms with E-state index in [1.807, 2.05) is 105 Å². The molecule has 0 spiro atoms. The molecule has 3 aliphatic rings. The number of esters is 1. The second kappa shape index (κ2) is 14.4. The summed E-state index contributed by atoms with van der Waals surface area (Å²) in [5.41, 5.74) is 3.05. The Hall–Kier alpha value is -4.45. The van der Waals surface area contributed by atoms with Gasteiger partial charge >= 0.3 is 5.97 Å². The predicted octanol–water partition coefficient (Wildman–Crippen LogP) is 6.98. The molecule has 0 aliphatic carbocycles. The highest BCUT2D eigenvalue weighted by atomic mass is 16.8. The van der Waals surface area contributed by atoms with Gasteiger partial charge in [-0.1, -0.05) is 91.0 Å². The average Bonchev–Trinajstić information content (AvgIpc) is 3.74. The fraction of sp³-hybridized carbons (Fsp3) is 0.375. The van der Waals surface area contributed by atoms with E-state index in [0.29, 0.717) is 17.2 Å². The number of hydrogen-bond donors (Lipinski definition) is 0. The molecule has 0 amide bonds. The molecule has 262 valence electrons. The van der Waals surface area contributed by atoms with E-state index in [0.717, 1.165) is 16.7 Å². The molecule has 4 aromatic rings. The second-order valence-corrected chi connectivity index (χ2v) is 13.4. The molecule has 0 unspecified atom stereocenters. The summed E-state index contributed by atoms with van der Waals surface area (Å²) in [5.74, 6) is -1.34. The molecule has 3 saturated heterocycles. The van der Waals surface area contributed by atoms with Crippen molar-refractivity contribution in [2.45, 2.75) is 89.8 Å². The quantitative estimate of drug-likeness (QED) is 0.146. The van der Waals surface area contributed by atoms with Gasteiger partial charge in [0.1, 0.15) is 32.0 Å². The largest absolute Gasteiger partial charge is 0.485 e. The Labute approximate surface area is 292 Å². The Morgan fingerprint density at radius 1 is 0.660 bits per heavy atom. The van der Waals surface area contributed by atoms with Crippen LogP contribution in [0.3, 0.4) is 0 Å². The normalized spacial score (nSPS) is 24.8. The zero-order valence-electron chi connectivity index (χ0n) is 28.6. The molecule has 3 heterocycles. The summed E-state index contributed by atoms with van der Waals surface area (Å²) in [6, 6.07) is 32.6. The van der Waals surface area contributed by atoms with Crippen LogP contribution in [0, 0.1) is 0 Å². The molecule has 0 bridgehead atoms. The summed E-state index contributed by atoms with van der Waals surface area (Å²) in [4.78, 5) is 14.2. The zero-order valence-corrected chi connectivity index (χ0v) is 28.6. The third-order valence-electron chi connectivity index (χ3n) is 8.62. The van der Waals surface area contributed by atoms with Crippen LogP contribution in [0.4, 0.5) is 0 Å². The second-order valence-electron chi connectivity index (χ2n) is 13.4.